The average molecular weight is 220 g/mol. The lowest BCUT2D eigenvalue weighted by Crippen LogP contribution is -2.10. The van der Waals surface area contributed by atoms with Crippen molar-refractivity contribution in [1.82, 2.24) is 0 Å². The Labute approximate surface area is 98.9 Å². The molecule has 0 aromatic carbocycles. The number of rotatable bonds is 4. The van der Waals surface area contributed by atoms with Crippen molar-refractivity contribution in [3.05, 3.63) is 11.6 Å². The van der Waals surface area contributed by atoms with Gasteiger partial charge in [0.1, 0.15) is 0 Å². The van der Waals surface area contributed by atoms with Gasteiger partial charge in [0.05, 0.1) is 6.10 Å². The summed E-state index contributed by atoms with van der Waals surface area (Å²) in [6.45, 7) is 6.54. The second-order valence-electron chi connectivity index (χ2n) is 6.33. The molecule has 1 nitrogen and oxygen atoms in total. The van der Waals surface area contributed by atoms with Gasteiger partial charge in [0.25, 0.3) is 0 Å². The minimum atomic E-state index is -0.201. The number of hydrogen-bond acceptors (Lipinski definition) is 1. The lowest BCUT2D eigenvalue weighted by atomic mass is 9.94. The highest BCUT2D eigenvalue weighted by atomic mass is 16.3. The summed E-state index contributed by atoms with van der Waals surface area (Å²) >= 11 is 0. The van der Waals surface area contributed by atoms with Gasteiger partial charge in [-0.15, -0.1) is 0 Å². The predicted octanol–water partition coefficient (Wildman–Crippen LogP) is 3.39. The van der Waals surface area contributed by atoms with Crippen LogP contribution >= 0.6 is 0 Å². The monoisotopic (exact) mass is 220 g/mol. The standard InChI is InChI=1S/C15H24O/c1-4-13(16)9(3)6-11-10-7-12-14(11)15(12,5-2)8-10/h6,10-14,16H,4-5,7-8H2,1-3H3. The van der Waals surface area contributed by atoms with Gasteiger partial charge in [-0.2, -0.15) is 0 Å². The Hall–Kier alpha value is -0.300. The van der Waals surface area contributed by atoms with E-state index in [1.54, 1.807) is 0 Å². The molecule has 16 heavy (non-hydrogen) atoms. The van der Waals surface area contributed by atoms with E-state index in [0.717, 1.165) is 35.5 Å². The van der Waals surface area contributed by atoms with Gasteiger partial charge >= 0.3 is 0 Å². The summed E-state index contributed by atoms with van der Waals surface area (Å²) in [5.74, 6) is 3.80. The summed E-state index contributed by atoms with van der Waals surface area (Å²) in [6.07, 6.45) is 7.43. The first-order chi connectivity index (χ1) is 7.64. The average Bonchev–Trinajstić information content (AvgIpc) is 2.65. The highest BCUT2D eigenvalue weighted by Crippen LogP contribution is 2.82. The molecule has 0 aromatic heterocycles. The van der Waals surface area contributed by atoms with Gasteiger partial charge in [0, 0.05) is 0 Å². The molecule has 0 aromatic rings. The first kappa shape index (κ1) is 10.8. The van der Waals surface area contributed by atoms with Gasteiger partial charge < -0.3 is 5.11 Å². The zero-order valence-electron chi connectivity index (χ0n) is 10.7. The van der Waals surface area contributed by atoms with Crippen LogP contribution in [-0.4, -0.2) is 11.2 Å². The van der Waals surface area contributed by atoms with Gasteiger partial charge in [0.2, 0.25) is 0 Å². The number of hydrogen-bond donors (Lipinski definition) is 1. The smallest absolute Gasteiger partial charge is 0.0744 e. The van der Waals surface area contributed by atoms with Gasteiger partial charge in [-0.25, -0.2) is 0 Å². The molecule has 1 heteroatoms. The second-order valence-corrected chi connectivity index (χ2v) is 6.33. The first-order valence-electron chi connectivity index (χ1n) is 7.00. The first-order valence-corrected chi connectivity index (χ1v) is 7.00. The lowest BCUT2D eigenvalue weighted by molar-refractivity contribution is 0.205. The molecule has 1 N–H and O–H groups in total. The van der Waals surface area contributed by atoms with Crippen molar-refractivity contribution in [1.29, 1.82) is 0 Å². The molecule has 4 saturated carbocycles. The fourth-order valence-corrected chi connectivity index (χ4v) is 5.04. The van der Waals surface area contributed by atoms with Crippen LogP contribution in [0.1, 0.15) is 46.5 Å². The van der Waals surface area contributed by atoms with E-state index in [2.05, 4.69) is 26.8 Å². The maximum Gasteiger partial charge on any atom is 0.0744 e. The summed E-state index contributed by atoms with van der Waals surface area (Å²) in [4.78, 5) is 0. The number of aliphatic hydroxyl groups is 1. The van der Waals surface area contributed by atoms with Crippen molar-refractivity contribution in [2.45, 2.75) is 52.6 Å². The van der Waals surface area contributed by atoms with Crippen LogP contribution in [0, 0.1) is 29.1 Å². The van der Waals surface area contributed by atoms with Crippen LogP contribution in [-0.2, 0) is 0 Å². The van der Waals surface area contributed by atoms with Gasteiger partial charge in [-0.1, -0.05) is 19.9 Å². The molecule has 0 spiro atoms. The Bertz CT molecular complexity index is 332. The highest BCUT2D eigenvalue weighted by Gasteiger charge is 2.76. The Kier molecular flexibility index (Phi) is 2.27. The van der Waals surface area contributed by atoms with Crippen LogP contribution in [0.5, 0.6) is 0 Å². The maximum absolute atomic E-state index is 9.84. The fraction of sp³-hybridized carbons (Fsp3) is 0.867. The van der Waals surface area contributed by atoms with Crippen LogP contribution in [0.25, 0.3) is 0 Å². The summed E-state index contributed by atoms with van der Waals surface area (Å²) in [5.41, 5.74) is 1.97. The summed E-state index contributed by atoms with van der Waals surface area (Å²) < 4.78 is 0. The minimum absolute atomic E-state index is 0.201. The van der Waals surface area contributed by atoms with E-state index in [1.807, 2.05) is 0 Å². The molecule has 4 aliphatic carbocycles. The summed E-state index contributed by atoms with van der Waals surface area (Å²) in [6, 6.07) is 0. The molecule has 4 bridgehead atoms. The zero-order valence-corrected chi connectivity index (χ0v) is 10.7. The molecule has 4 rings (SSSR count). The highest BCUT2D eigenvalue weighted by molar-refractivity contribution is 5.29. The maximum atomic E-state index is 9.84. The SMILES string of the molecule is CCC(O)C(C)=CC1C2CC3C1C3(CC)C2. The second kappa shape index (κ2) is 3.35. The normalized spacial score (nSPS) is 50.9. The topological polar surface area (TPSA) is 20.2 Å². The molecule has 90 valence electrons. The third-order valence-electron chi connectivity index (χ3n) is 5.91. The van der Waals surface area contributed by atoms with Crippen molar-refractivity contribution in [3.63, 3.8) is 0 Å². The predicted molar refractivity (Wildman–Crippen MR) is 66.0 cm³/mol. The molecule has 0 heterocycles. The Morgan fingerprint density at radius 3 is 2.75 bits per heavy atom. The van der Waals surface area contributed by atoms with Crippen molar-refractivity contribution in [2.24, 2.45) is 29.1 Å². The summed E-state index contributed by atoms with van der Waals surface area (Å²) in [7, 11) is 0. The molecule has 0 radical (unpaired) electrons. The third-order valence-corrected chi connectivity index (χ3v) is 5.91. The molecule has 0 saturated heterocycles. The van der Waals surface area contributed by atoms with E-state index in [1.165, 1.54) is 24.8 Å². The van der Waals surface area contributed by atoms with Crippen LogP contribution in [0.3, 0.4) is 0 Å². The van der Waals surface area contributed by atoms with Crippen LogP contribution in [0.4, 0.5) is 0 Å². The summed E-state index contributed by atoms with van der Waals surface area (Å²) in [5, 5.41) is 9.84. The van der Waals surface area contributed by atoms with Crippen molar-refractivity contribution in [2.75, 3.05) is 0 Å². The number of aliphatic hydroxyl groups excluding tert-OH is 1. The van der Waals surface area contributed by atoms with Crippen molar-refractivity contribution >= 4 is 0 Å². The molecule has 0 amide bonds. The van der Waals surface area contributed by atoms with Crippen LogP contribution < -0.4 is 0 Å². The van der Waals surface area contributed by atoms with E-state index >= 15 is 0 Å². The number of allylic oxidation sites excluding steroid dienone is 1. The van der Waals surface area contributed by atoms with E-state index < -0.39 is 0 Å². The minimum Gasteiger partial charge on any atom is -0.389 e. The Balaban J connectivity index is 1.76. The molecular formula is C15H24O. The molecule has 4 fully saturated rings. The molecule has 6 unspecified atom stereocenters. The third kappa shape index (κ3) is 1.16. The van der Waals surface area contributed by atoms with E-state index in [0.29, 0.717) is 0 Å². The quantitative estimate of drug-likeness (QED) is 0.720. The van der Waals surface area contributed by atoms with E-state index in [-0.39, 0.29) is 6.10 Å². The Morgan fingerprint density at radius 1 is 1.50 bits per heavy atom. The molecule has 6 atom stereocenters. The zero-order chi connectivity index (χ0) is 11.5. The molecular weight excluding hydrogens is 196 g/mol. The lowest BCUT2D eigenvalue weighted by Gasteiger charge is -2.14. The largest absolute Gasteiger partial charge is 0.389 e. The fourth-order valence-electron chi connectivity index (χ4n) is 5.04. The van der Waals surface area contributed by atoms with Crippen molar-refractivity contribution in [3.8, 4) is 0 Å². The van der Waals surface area contributed by atoms with E-state index in [9.17, 15) is 5.11 Å². The molecule has 4 aliphatic rings. The van der Waals surface area contributed by atoms with E-state index in [4.69, 9.17) is 0 Å². The van der Waals surface area contributed by atoms with Gasteiger partial charge in [-0.3, -0.25) is 0 Å². The Morgan fingerprint density at radius 2 is 2.25 bits per heavy atom. The van der Waals surface area contributed by atoms with Gasteiger partial charge in [0.15, 0.2) is 0 Å². The van der Waals surface area contributed by atoms with Crippen LogP contribution in [0.2, 0.25) is 0 Å². The molecule has 0 aliphatic heterocycles. The van der Waals surface area contributed by atoms with Crippen molar-refractivity contribution < 1.29 is 5.11 Å². The van der Waals surface area contributed by atoms with Crippen LogP contribution in [0.15, 0.2) is 11.6 Å². The van der Waals surface area contributed by atoms with Gasteiger partial charge in [-0.05, 0) is 67.3 Å².